The zero-order valence-electron chi connectivity index (χ0n) is 13.5. The minimum Gasteiger partial charge on any atom is -0.389 e. The van der Waals surface area contributed by atoms with E-state index in [-0.39, 0.29) is 5.92 Å². The molecule has 0 amide bonds. The fourth-order valence-corrected chi connectivity index (χ4v) is 4.52. The second kappa shape index (κ2) is 6.08. The van der Waals surface area contributed by atoms with Gasteiger partial charge >= 0.3 is 0 Å². The Bertz CT molecular complexity index is 484. The van der Waals surface area contributed by atoms with Crippen LogP contribution in [0.5, 0.6) is 0 Å². The number of aryl methyl sites for hydroxylation is 1. The van der Waals surface area contributed by atoms with E-state index in [4.69, 9.17) is 0 Å². The van der Waals surface area contributed by atoms with Gasteiger partial charge in [-0.2, -0.15) is 0 Å². The average molecular weight is 287 g/mol. The molecule has 2 aliphatic carbocycles. The fourth-order valence-electron chi connectivity index (χ4n) is 4.52. The topological polar surface area (TPSA) is 33.1 Å². The molecular formula is C19H29NO. The molecule has 0 saturated heterocycles. The molecule has 0 bridgehead atoms. The van der Waals surface area contributed by atoms with Gasteiger partial charge in [-0.25, -0.2) is 0 Å². The van der Waals surface area contributed by atoms with Gasteiger partial charge in [0.05, 0.1) is 5.60 Å². The second-order valence-corrected chi connectivity index (χ2v) is 7.53. The molecule has 1 fully saturated rings. The molecule has 3 unspecified atom stereocenters. The lowest BCUT2D eigenvalue weighted by atomic mass is 9.72. The molecule has 2 nitrogen and oxygen atoms in total. The summed E-state index contributed by atoms with van der Waals surface area (Å²) in [7, 11) is 0. The zero-order chi connectivity index (χ0) is 14.9. The van der Waals surface area contributed by atoms with Gasteiger partial charge in [-0.05, 0) is 62.0 Å². The number of fused-ring (bicyclic) bond motifs is 1. The quantitative estimate of drug-likeness (QED) is 0.814. The first-order chi connectivity index (χ1) is 10.1. The van der Waals surface area contributed by atoms with E-state index in [1.165, 1.54) is 30.5 Å². The van der Waals surface area contributed by atoms with Crippen LogP contribution in [0.25, 0.3) is 0 Å². The van der Waals surface area contributed by atoms with E-state index < -0.39 is 5.60 Å². The Kier molecular flexibility index (Phi) is 4.35. The van der Waals surface area contributed by atoms with Crippen LogP contribution >= 0.6 is 0 Å². The Morgan fingerprint density at radius 3 is 2.86 bits per heavy atom. The normalized spacial score (nSPS) is 33.5. The summed E-state index contributed by atoms with van der Waals surface area (Å²) in [6.45, 7) is 4.65. The van der Waals surface area contributed by atoms with Gasteiger partial charge in [0, 0.05) is 17.8 Å². The molecule has 0 radical (unpaired) electrons. The maximum atomic E-state index is 11.4. The summed E-state index contributed by atoms with van der Waals surface area (Å²) in [6, 6.07) is 4.23. The Morgan fingerprint density at radius 1 is 1.19 bits per heavy atom. The van der Waals surface area contributed by atoms with E-state index in [0.29, 0.717) is 0 Å². The van der Waals surface area contributed by atoms with Crippen molar-refractivity contribution in [2.75, 3.05) is 0 Å². The third kappa shape index (κ3) is 3.01. The number of aromatic nitrogens is 1. The molecule has 1 aromatic heterocycles. The Morgan fingerprint density at radius 2 is 2.05 bits per heavy atom. The molecule has 2 aliphatic rings. The van der Waals surface area contributed by atoms with Crippen molar-refractivity contribution in [3.8, 4) is 0 Å². The van der Waals surface area contributed by atoms with E-state index in [0.717, 1.165) is 43.9 Å². The minimum absolute atomic E-state index is 0.258. The van der Waals surface area contributed by atoms with Gasteiger partial charge in [0.1, 0.15) is 0 Å². The minimum atomic E-state index is -0.521. The second-order valence-electron chi connectivity index (χ2n) is 7.53. The highest BCUT2D eigenvalue weighted by atomic mass is 16.3. The first-order valence-electron chi connectivity index (χ1n) is 8.76. The molecule has 3 atom stereocenters. The van der Waals surface area contributed by atoms with Crippen molar-refractivity contribution in [1.82, 2.24) is 4.98 Å². The SMILES string of the molecule is CC(C)C1CCCC(O)(C2CCCc3cccnc32)CC1. The third-order valence-electron chi connectivity index (χ3n) is 5.92. The van der Waals surface area contributed by atoms with Crippen molar-refractivity contribution in [3.05, 3.63) is 29.6 Å². The molecule has 0 spiro atoms. The highest BCUT2D eigenvalue weighted by Crippen LogP contribution is 2.46. The summed E-state index contributed by atoms with van der Waals surface area (Å²) in [5, 5.41) is 11.4. The van der Waals surface area contributed by atoms with E-state index in [2.05, 4.69) is 24.9 Å². The van der Waals surface area contributed by atoms with Crippen LogP contribution in [0.1, 0.15) is 76.0 Å². The molecule has 0 aromatic carbocycles. The number of hydrogen-bond donors (Lipinski definition) is 1. The van der Waals surface area contributed by atoms with Crippen LogP contribution < -0.4 is 0 Å². The van der Waals surface area contributed by atoms with Gasteiger partial charge in [0.25, 0.3) is 0 Å². The lowest BCUT2D eigenvalue weighted by molar-refractivity contribution is -0.0105. The van der Waals surface area contributed by atoms with Gasteiger partial charge in [-0.3, -0.25) is 4.98 Å². The smallest absolute Gasteiger partial charge is 0.0731 e. The maximum absolute atomic E-state index is 11.4. The summed E-state index contributed by atoms with van der Waals surface area (Å²) < 4.78 is 0. The van der Waals surface area contributed by atoms with Gasteiger partial charge in [0.2, 0.25) is 0 Å². The Balaban J connectivity index is 1.83. The van der Waals surface area contributed by atoms with Crippen LogP contribution in [-0.4, -0.2) is 15.7 Å². The predicted molar refractivity (Wildman–Crippen MR) is 86.3 cm³/mol. The molecule has 1 heterocycles. The van der Waals surface area contributed by atoms with Gasteiger partial charge in [-0.15, -0.1) is 0 Å². The maximum Gasteiger partial charge on any atom is 0.0731 e. The molecule has 116 valence electrons. The summed E-state index contributed by atoms with van der Waals surface area (Å²) >= 11 is 0. The average Bonchev–Trinajstić information content (AvgIpc) is 2.69. The summed E-state index contributed by atoms with van der Waals surface area (Å²) in [6.07, 6.45) is 10.9. The Labute approximate surface area is 129 Å². The van der Waals surface area contributed by atoms with E-state index in [9.17, 15) is 5.11 Å². The third-order valence-corrected chi connectivity index (χ3v) is 5.92. The fraction of sp³-hybridized carbons (Fsp3) is 0.737. The first kappa shape index (κ1) is 15.0. The first-order valence-corrected chi connectivity index (χ1v) is 8.76. The predicted octanol–water partition coefficient (Wildman–Crippen LogP) is 4.47. The van der Waals surface area contributed by atoms with Crippen molar-refractivity contribution in [1.29, 1.82) is 0 Å². The van der Waals surface area contributed by atoms with E-state index in [1.54, 1.807) is 0 Å². The highest BCUT2D eigenvalue weighted by Gasteiger charge is 2.41. The molecular weight excluding hydrogens is 258 g/mol. The van der Waals surface area contributed by atoms with Gasteiger partial charge in [-0.1, -0.05) is 32.8 Å². The molecule has 1 N–H and O–H groups in total. The van der Waals surface area contributed by atoms with Gasteiger partial charge in [0.15, 0.2) is 0 Å². The van der Waals surface area contributed by atoms with Crippen LogP contribution in [-0.2, 0) is 6.42 Å². The lowest BCUT2D eigenvalue weighted by Gasteiger charge is -2.38. The number of pyridine rings is 1. The standard InChI is InChI=1S/C19H29NO/c1-14(2)15-7-4-11-19(21,12-10-15)17-9-3-6-16-8-5-13-20-18(16)17/h5,8,13-15,17,21H,3-4,6-7,9-12H2,1-2H3. The van der Waals surface area contributed by atoms with Crippen molar-refractivity contribution >= 4 is 0 Å². The molecule has 1 aromatic rings. The number of nitrogens with zero attached hydrogens (tertiary/aromatic N) is 1. The van der Waals surface area contributed by atoms with E-state index in [1.807, 2.05) is 12.3 Å². The lowest BCUT2D eigenvalue weighted by Crippen LogP contribution is -2.38. The number of aliphatic hydroxyl groups is 1. The number of rotatable bonds is 2. The summed E-state index contributed by atoms with van der Waals surface area (Å²) in [5.74, 6) is 1.78. The zero-order valence-corrected chi connectivity index (χ0v) is 13.5. The van der Waals surface area contributed by atoms with Crippen molar-refractivity contribution < 1.29 is 5.11 Å². The van der Waals surface area contributed by atoms with Crippen molar-refractivity contribution in [2.24, 2.45) is 11.8 Å². The molecule has 0 aliphatic heterocycles. The molecule has 21 heavy (non-hydrogen) atoms. The van der Waals surface area contributed by atoms with E-state index >= 15 is 0 Å². The van der Waals surface area contributed by atoms with Crippen LogP contribution in [0.4, 0.5) is 0 Å². The van der Waals surface area contributed by atoms with Crippen LogP contribution in [0.2, 0.25) is 0 Å². The monoisotopic (exact) mass is 287 g/mol. The van der Waals surface area contributed by atoms with Crippen molar-refractivity contribution in [3.63, 3.8) is 0 Å². The van der Waals surface area contributed by atoms with Crippen LogP contribution in [0, 0.1) is 11.8 Å². The Hall–Kier alpha value is -0.890. The highest BCUT2D eigenvalue weighted by molar-refractivity contribution is 5.28. The molecule has 2 heteroatoms. The molecule has 1 saturated carbocycles. The summed E-state index contributed by atoms with van der Waals surface area (Å²) in [5.41, 5.74) is 2.04. The van der Waals surface area contributed by atoms with Crippen molar-refractivity contribution in [2.45, 2.75) is 76.7 Å². The summed E-state index contributed by atoms with van der Waals surface area (Å²) in [4.78, 5) is 4.65. The van der Waals surface area contributed by atoms with Crippen LogP contribution in [0.3, 0.4) is 0 Å². The van der Waals surface area contributed by atoms with Gasteiger partial charge < -0.3 is 5.11 Å². The number of hydrogen-bond acceptors (Lipinski definition) is 2. The van der Waals surface area contributed by atoms with Crippen LogP contribution in [0.15, 0.2) is 18.3 Å². The largest absolute Gasteiger partial charge is 0.389 e. The molecule has 3 rings (SSSR count).